The van der Waals surface area contributed by atoms with Gasteiger partial charge in [0.1, 0.15) is 6.10 Å². The molecule has 0 aromatic rings. The third-order valence-electron chi connectivity index (χ3n) is 2.01. The number of halogens is 2. The highest BCUT2D eigenvalue weighted by Gasteiger charge is 2.26. The maximum Gasteiger partial charge on any atom is 0.335 e. The Morgan fingerprint density at radius 1 is 1.69 bits per heavy atom. The number of cyclic esters (lactones) is 1. The third kappa shape index (κ3) is 2.26. The highest BCUT2D eigenvalue weighted by Crippen LogP contribution is 2.28. The maximum atomic E-state index is 11.2. The van der Waals surface area contributed by atoms with Crippen LogP contribution in [0.2, 0.25) is 0 Å². The fourth-order valence-corrected chi connectivity index (χ4v) is 1.37. The first-order valence-electron chi connectivity index (χ1n) is 3.89. The van der Waals surface area contributed by atoms with E-state index in [9.17, 15) is 4.79 Å². The van der Waals surface area contributed by atoms with Crippen molar-refractivity contribution in [3.05, 3.63) is 21.7 Å². The van der Waals surface area contributed by atoms with E-state index in [1.54, 1.807) is 13.8 Å². The van der Waals surface area contributed by atoms with Gasteiger partial charge in [0.2, 0.25) is 0 Å². The molecule has 1 atom stereocenters. The summed E-state index contributed by atoms with van der Waals surface area (Å²) >= 11 is 11.4. The zero-order valence-corrected chi connectivity index (χ0v) is 8.95. The molecule has 0 saturated carbocycles. The summed E-state index contributed by atoms with van der Waals surface area (Å²) in [4.78, 5) is 11.2. The van der Waals surface area contributed by atoms with Gasteiger partial charge in [-0.25, -0.2) is 4.79 Å². The van der Waals surface area contributed by atoms with Gasteiger partial charge in [-0.2, -0.15) is 0 Å². The molecule has 0 N–H and O–H groups in total. The van der Waals surface area contributed by atoms with Gasteiger partial charge in [-0.1, -0.05) is 23.2 Å². The molecule has 4 heteroatoms. The van der Waals surface area contributed by atoms with Crippen molar-refractivity contribution in [2.24, 2.45) is 0 Å². The Kier molecular flexibility index (Phi) is 3.40. The van der Waals surface area contributed by atoms with Crippen LogP contribution in [0.5, 0.6) is 0 Å². The van der Waals surface area contributed by atoms with Crippen LogP contribution in [0.15, 0.2) is 21.7 Å². The van der Waals surface area contributed by atoms with Crippen LogP contribution < -0.4 is 0 Å². The summed E-state index contributed by atoms with van der Waals surface area (Å²) in [6.07, 6.45) is 0.218. The van der Waals surface area contributed by atoms with Crippen molar-refractivity contribution < 1.29 is 9.53 Å². The predicted octanol–water partition coefficient (Wildman–Crippen LogP) is 2.96. The Balaban J connectivity index is 2.86. The third-order valence-corrected chi connectivity index (χ3v) is 2.79. The molecule has 1 rings (SSSR count). The van der Waals surface area contributed by atoms with E-state index in [0.29, 0.717) is 17.0 Å². The molecule has 0 saturated heterocycles. The van der Waals surface area contributed by atoms with Crippen LogP contribution >= 0.6 is 23.2 Å². The predicted molar refractivity (Wildman–Crippen MR) is 52.7 cm³/mol. The number of esters is 1. The van der Waals surface area contributed by atoms with E-state index in [0.717, 1.165) is 5.57 Å². The number of rotatable bonds is 1. The zero-order chi connectivity index (χ0) is 10.0. The molecule has 0 fully saturated rings. The summed E-state index contributed by atoms with van der Waals surface area (Å²) in [7, 11) is 0. The monoisotopic (exact) mass is 220 g/mol. The molecular formula is C9H10Cl2O2. The number of hydrogen-bond donors (Lipinski definition) is 0. The van der Waals surface area contributed by atoms with E-state index < -0.39 is 0 Å². The maximum absolute atomic E-state index is 11.2. The van der Waals surface area contributed by atoms with Crippen LogP contribution in [0.25, 0.3) is 0 Å². The van der Waals surface area contributed by atoms with Crippen molar-refractivity contribution >= 4 is 29.2 Å². The van der Waals surface area contributed by atoms with E-state index >= 15 is 0 Å². The van der Waals surface area contributed by atoms with E-state index in [1.165, 1.54) is 5.54 Å². The molecule has 1 aliphatic heterocycles. The van der Waals surface area contributed by atoms with Crippen LogP contribution in [0, 0.1) is 0 Å². The van der Waals surface area contributed by atoms with Gasteiger partial charge in [0.15, 0.2) is 0 Å². The minimum absolute atomic E-state index is 0.304. The first-order chi connectivity index (χ1) is 6.06. The van der Waals surface area contributed by atoms with Crippen molar-refractivity contribution in [3.8, 4) is 0 Å². The summed E-state index contributed by atoms with van der Waals surface area (Å²) in [6.45, 7) is 3.45. The van der Waals surface area contributed by atoms with Gasteiger partial charge >= 0.3 is 5.97 Å². The molecule has 0 radical (unpaired) electrons. The molecular weight excluding hydrogens is 211 g/mol. The molecule has 0 unspecified atom stereocenters. The second-order valence-corrected chi connectivity index (χ2v) is 3.66. The van der Waals surface area contributed by atoms with E-state index in [-0.39, 0.29) is 12.1 Å². The second-order valence-electron chi connectivity index (χ2n) is 2.98. The Hall–Kier alpha value is -0.470. The lowest BCUT2D eigenvalue weighted by Gasteiger charge is -2.23. The largest absolute Gasteiger partial charge is 0.454 e. The number of carbonyl (C=O) groups excluding carboxylic acids is 1. The number of ether oxygens (including phenoxy) is 1. The van der Waals surface area contributed by atoms with Crippen molar-refractivity contribution in [2.75, 3.05) is 0 Å². The second kappa shape index (κ2) is 4.16. The average molecular weight is 221 g/mol. The normalized spacial score (nSPS) is 24.8. The van der Waals surface area contributed by atoms with Crippen LogP contribution in [0.3, 0.4) is 0 Å². The summed E-state index contributed by atoms with van der Waals surface area (Å²) in [6, 6.07) is 0. The van der Waals surface area contributed by atoms with Gasteiger partial charge in [-0.15, -0.1) is 0 Å². The Labute approximate surface area is 87.2 Å². The molecule has 0 aromatic carbocycles. The standard InChI is InChI=1S/C9H10Cl2O2/c1-5(4-10)8-3-7(11)6(2)9(12)13-8/h4,8H,3H2,1-2H3/b5-4+/t8-/m0/s1. The lowest BCUT2D eigenvalue weighted by Crippen LogP contribution is -2.25. The summed E-state index contributed by atoms with van der Waals surface area (Å²) in [5, 5.41) is 0.555. The molecule has 72 valence electrons. The van der Waals surface area contributed by atoms with Crippen molar-refractivity contribution in [3.63, 3.8) is 0 Å². The highest BCUT2D eigenvalue weighted by molar-refractivity contribution is 6.32. The number of hydrogen-bond acceptors (Lipinski definition) is 2. The lowest BCUT2D eigenvalue weighted by molar-refractivity contribution is -0.143. The molecule has 1 aliphatic rings. The van der Waals surface area contributed by atoms with E-state index in [2.05, 4.69) is 0 Å². The topological polar surface area (TPSA) is 26.3 Å². The molecule has 0 spiro atoms. The SMILES string of the molecule is CC1=C(Cl)C[C@@H](/C(C)=C/Cl)OC1=O. The highest BCUT2D eigenvalue weighted by atomic mass is 35.5. The first kappa shape index (κ1) is 10.6. The van der Waals surface area contributed by atoms with Crippen molar-refractivity contribution in [1.29, 1.82) is 0 Å². The summed E-state index contributed by atoms with van der Waals surface area (Å²) < 4.78 is 5.09. The van der Waals surface area contributed by atoms with Crippen LogP contribution in [-0.4, -0.2) is 12.1 Å². The van der Waals surface area contributed by atoms with Crippen molar-refractivity contribution in [2.45, 2.75) is 26.4 Å². The molecule has 0 aliphatic carbocycles. The van der Waals surface area contributed by atoms with Crippen LogP contribution in [0.1, 0.15) is 20.3 Å². The lowest BCUT2D eigenvalue weighted by atomic mass is 10.1. The molecule has 0 amide bonds. The summed E-state index contributed by atoms with van der Waals surface area (Å²) in [5.41, 5.74) is 2.70. The summed E-state index contributed by atoms with van der Waals surface area (Å²) in [5.74, 6) is -0.362. The van der Waals surface area contributed by atoms with Gasteiger partial charge < -0.3 is 4.74 Å². The molecule has 1 heterocycles. The Morgan fingerprint density at radius 3 is 2.77 bits per heavy atom. The molecule has 0 bridgehead atoms. The van der Waals surface area contributed by atoms with Gasteiger partial charge in [0.05, 0.1) is 0 Å². The number of carbonyl (C=O) groups is 1. The smallest absolute Gasteiger partial charge is 0.335 e. The van der Waals surface area contributed by atoms with Gasteiger partial charge in [0, 0.05) is 22.6 Å². The van der Waals surface area contributed by atoms with E-state index in [4.69, 9.17) is 27.9 Å². The van der Waals surface area contributed by atoms with Crippen LogP contribution in [-0.2, 0) is 9.53 Å². The van der Waals surface area contributed by atoms with Gasteiger partial charge in [-0.3, -0.25) is 0 Å². The zero-order valence-electron chi connectivity index (χ0n) is 7.43. The molecule has 2 nitrogen and oxygen atoms in total. The Morgan fingerprint density at radius 2 is 2.31 bits per heavy atom. The minimum atomic E-state index is -0.362. The van der Waals surface area contributed by atoms with E-state index in [1.807, 2.05) is 0 Å². The molecule has 13 heavy (non-hydrogen) atoms. The minimum Gasteiger partial charge on any atom is -0.454 e. The van der Waals surface area contributed by atoms with Gasteiger partial charge in [-0.05, 0) is 19.4 Å². The fourth-order valence-electron chi connectivity index (χ4n) is 1.01. The van der Waals surface area contributed by atoms with Gasteiger partial charge in [0.25, 0.3) is 0 Å². The first-order valence-corrected chi connectivity index (χ1v) is 4.70. The average Bonchev–Trinajstić information content (AvgIpc) is 2.12. The molecule has 0 aromatic heterocycles. The van der Waals surface area contributed by atoms with Crippen molar-refractivity contribution in [1.82, 2.24) is 0 Å². The van der Waals surface area contributed by atoms with Crippen LogP contribution in [0.4, 0.5) is 0 Å². The Bertz CT molecular complexity index is 292. The fraction of sp³-hybridized carbons (Fsp3) is 0.444. The quantitative estimate of drug-likeness (QED) is 0.636.